The standard InChI is InChI=1S/C16H27NO/c1-6-11-17-16(12(2)3)14-9-7-8-10-15(14)18-13(4)5/h7-10,12-13,16-17H,6,11H2,1-5H3. The van der Waals surface area contributed by atoms with Gasteiger partial charge < -0.3 is 10.1 Å². The van der Waals surface area contributed by atoms with Crippen LogP contribution in [-0.2, 0) is 0 Å². The van der Waals surface area contributed by atoms with E-state index < -0.39 is 0 Å². The fourth-order valence-electron chi connectivity index (χ4n) is 2.10. The Kier molecular flexibility index (Phi) is 6.20. The monoisotopic (exact) mass is 249 g/mol. The molecule has 0 saturated heterocycles. The van der Waals surface area contributed by atoms with E-state index in [-0.39, 0.29) is 6.10 Å². The molecule has 0 heterocycles. The van der Waals surface area contributed by atoms with Gasteiger partial charge in [0, 0.05) is 11.6 Å². The summed E-state index contributed by atoms with van der Waals surface area (Å²) in [6.07, 6.45) is 1.36. The lowest BCUT2D eigenvalue weighted by Gasteiger charge is -2.25. The summed E-state index contributed by atoms with van der Waals surface area (Å²) in [4.78, 5) is 0. The van der Waals surface area contributed by atoms with Crippen LogP contribution >= 0.6 is 0 Å². The summed E-state index contributed by atoms with van der Waals surface area (Å²) in [6.45, 7) is 11.9. The number of benzene rings is 1. The van der Waals surface area contributed by atoms with Gasteiger partial charge in [-0.05, 0) is 38.8 Å². The quantitative estimate of drug-likeness (QED) is 0.783. The molecule has 0 radical (unpaired) electrons. The normalized spacial score (nSPS) is 13.1. The van der Waals surface area contributed by atoms with Crippen molar-refractivity contribution >= 4 is 0 Å². The lowest BCUT2D eigenvalue weighted by Crippen LogP contribution is -2.27. The van der Waals surface area contributed by atoms with Crippen LogP contribution < -0.4 is 10.1 Å². The van der Waals surface area contributed by atoms with Crippen LogP contribution in [0.4, 0.5) is 0 Å². The zero-order valence-electron chi connectivity index (χ0n) is 12.4. The van der Waals surface area contributed by atoms with Gasteiger partial charge in [0.2, 0.25) is 0 Å². The van der Waals surface area contributed by atoms with Crippen LogP contribution in [0.2, 0.25) is 0 Å². The molecule has 1 aromatic carbocycles. The van der Waals surface area contributed by atoms with E-state index in [0.717, 1.165) is 18.7 Å². The minimum absolute atomic E-state index is 0.213. The lowest BCUT2D eigenvalue weighted by atomic mass is 9.95. The molecule has 0 bridgehead atoms. The highest BCUT2D eigenvalue weighted by Crippen LogP contribution is 2.30. The van der Waals surface area contributed by atoms with Gasteiger partial charge in [-0.3, -0.25) is 0 Å². The SMILES string of the molecule is CCCNC(c1ccccc1OC(C)C)C(C)C. The molecular weight excluding hydrogens is 222 g/mol. The third-order valence-electron chi connectivity index (χ3n) is 2.90. The molecule has 0 aromatic heterocycles. The van der Waals surface area contributed by atoms with Crippen molar-refractivity contribution in [2.75, 3.05) is 6.54 Å². The van der Waals surface area contributed by atoms with Crippen molar-refractivity contribution in [2.45, 2.75) is 53.2 Å². The van der Waals surface area contributed by atoms with Crippen molar-refractivity contribution in [3.05, 3.63) is 29.8 Å². The van der Waals surface area contributed by atoms with E-state index in [1.54, 1.807) is 0 Å². The summed E-state index contributed by atoms with van der Waals surface area (Å²) in [5, 5.41) is 3.62. The van der Waals surface area contributed by atoms with E-state index >= 15 is 0 Å². The van der Waals surface area contributed by atoms with Crippen LogP contribution in [0.1, 0.15) is 52.6 Å². The van der Waals surface area contributed by atoms with Crippen LogP contribution in [0, 0.1) is 5.92 Å². The van der Waals surface area contributed by atoms with Crippen molar-refractivity contribution in [2.24, 2.45) is 5.92 Å². The summed E-state index contributed by atoms with van der Waals surface area (Å²) < 4.78 is 5.92. The van der Waals surface area contributed by atoms with E-state index in [9.17, 15) is 0 Å². The van der Waals surface area contributed by atoms with Gasteiger partial charge in [-0.2, -0.15) is 0 Å². The Balaban J connectivity index is 2.95. The second kappa shape index (κ2) is 7.42. The van der Waals surface area contributed by atoms with Gasteiger partial charge in [0.25, 0.3) is 0 Å². The summed E-state index contributed by atoms with van der Waals surface area (Å²) in [6, 6.07) is 8.73. The number of nitrogens with one attached hydrogen (secondary N) is 1. The fraction of sp³-hybridized carbons (Fsp3) is 0.625. The van der Waals surface area contributed by atoms with E-state index in [4.69, 9.17) is 4.74 Å². The smallest absolute Gasteiger partial charge is 0.124 e. The zero-order chi connectivity index (χ0) is 13.5. The Hall–Kier alpha value is -1.02. The van der Waals surface area contributed by atoms with Gasteiger partial charge in [-0.15, -0.1) is 0 Å². The summed E-state index contributed by atoms with van der Waals surface area (Å²) in [7, 11) is 0. The Morgan fingerprint density at radius 3 is 2.33 bits per heavy atom. The molecule has 0 amide bonds. The highest BCUT2D eigenvalue weighted by molar-refractivity contribution is 5.36. The maximum absolute atomic E-state index is 5.92. The number of para-hydroxylation sites is 1. The molecule has 0 spiro atoms. The topological polar surface area (TPSA) is 21.3 Å². The first-order chi connectivity index (χ1) is 8.56. The van der Waals surface area contributed by atoms with Gasteiger partial charge >= 0.3 is 0 Å². The molecule has 1 unspecified atom stereocenters. The zero-order valence-corrected chi connectivity index (χ0v) is 12.4. The summed E-state index contributed by atoms with van der Waals surface area (Å²) in [5.74, 6) is 1.56. The van der Waals surface area contributed by atoms with Crippen molar-refractivity contribution in [1.82, 2.24) is 5.32 Å². The second-order valence-corrected chi connectivity index (χ2v) is 5.38. The number of hydrogen-bond acceptors (Lipinski definition) is 2. The van der Waals surface area contributed by atoms with Crippen molar-refractivity contribution in [1.29, 1.82) is 0 Å². The van der Waals surface area contributed by atoms with E-state index in [1.165, 1.54) is 5.56 Å². The van der Waals surface area contributed by atoms with Crippen molar-refractivity contribution in [3.8, 4) is 5.75 Å². The molecule has 102 valence electrons. The minimum Gasteiger partial charge on any atom is -0.491 e. The van der Waals surface area contributed by atoms with Crippen LogP contribution in [-0.4, -0.2) is 12.6 Å². The van der Waals surface area contributed by atoms with Crippen LogP contribution in [0.25, 0.3) is 0 Å². The van der Waals surface area contributed by atoms with Crippen LogP contribution in [0.3, 0.4) is 0 Å². The lowest BCUT2D eigenvalue weighted by molar-refractivity contribution is 0.235. The number of hydrogen-bond donors (Lipinski definition) is 1. The number of ether oxygens (including phenoxy) is 1. The van der Waals surface area contributed by atoms with Gasteiger partial charge in [0.1, 0.15) is 5.75 Å². The maximum Gasteiger partial charge on any atom is 0.124 e. The molecule has 1 rings (SSSR count). The second-order valence-electron chi connectivity index (χ2n) is 5.38. The first kappa shape index (κ1) is 15.0. The first-order valence-electron chi connectivity index (χ1n) is 7.05. The molecule has 0 aliphatic rings. The first-order valence-corrected chi connectivity index (χ1v) is 7.05. The third-order valence-corrected chi connectivity index (χ3v) is 2.90. The predicted molar refractivity (Wildman–Crippen MR) is 78.1 cm³/mol. The Bertz CT molecular complexity index is 347. The molecule has 2 heteroatoms. The average Bonchev–Trinajstić information content (AvgIpc) is 2.30. The molecule has 1 aromatic rings. The highest BCUT2D eigenvalue weighted by atomic mass is 16.5. The molecule has 2 nitrogen and oxygen atoms in total. The Morgan fingerprint density at radius 2 is 1.78 bits per heavy atom. The summed E-state index contributed by atoms with van der Waals surface area (Å²) in [5.41, 5.74) is 1.27. The molecule has 18 heavy (non-hydrogen) atoms. The van der Waals surface area contributed by atoms with Crippen molar-refractivity contribution < 1.29 is 4.74 Å². The molecular formula is C16H27NO. The Morgan fingerprint density at radius 1 is 1.11 bits per heavy atom. The van der Waals surface area contributed by atoms with Crippen LogP contribution in [0.5, 0.6) is 5.75 Å². The van der Waals surface area contributed by atoms with Gasteiger partial charge in [-0.1, -0.05) is 39.0 Å². The number of rotatable bonds is 7. The molecule has 1 N–H and O–H groups in total. The molecule has 0 saturated carbocycles. The largest absolute Gasteiger partial charge is 0.491 e. The van der Waals surface area contributed by atoms with Gasteiger partial charge in [0.15, 0.2) is 0 Å². The van der Waals surface area contributed by atoms with E-state index in [0.29, 0.717) is 12.0 Å². The van der Waals surface area contributed by atoms with Gasteiger partial charge in [0.05, 0.1) is 6.10 Å². The summed E-state index contributed by atoms with van der Waals surface area (Å²) >= 11 is 0. The third kappa shape index (κ3) is 4.34. The highest BCUT2D eigenvalue weighted by Gasteiger charge is 2.19. The molecule has 0 fully saturated rings. The van der Waals surface area contributed by atoms with Gasteiger partial charge in [-0.25, -0.2) is 0 Å². The average molecular weight is 249 g/mol. The van der Waals surface area contributed by atoms with Crippen molar-refractivity contribution in [3.63, 3.8) is 0 Å². The molecule has 0 aliphatic heterocycles. The molecule has 0 aliphatic carbocycles. The molecule has 1 atom stereocenters. The predicted octanol–water partition coefficient (Wildman–Crippen LogP) is 4.17. The fourth-order valence-corrected chi connectivity index (χ4v) is 2.10. The Labute approximate surface area is 112 Å². The maximum atomic E-state index is 5.92. The van der Waals surface area contributed by atoms with Crippen LogP contribution in [0.15, 0.2) is 24.3 Å². The van der Waals surface area contributed by atoms with E-state index in [2.05, 4.69) is 58.1 Å². The van der Waals surface area contributed by atoms with E-state index in [1.807, 2.05) is 6.07 Å². The minimum atomic E-state index is 0.213.